The molecule has 0 amide bonds. The molecule has 0 bridgehead atoms. The highest BCUT2D eigenvalue weighted by atomic mass is 17.4. The van der Waals surface area contributed by atoms with Gasteiger partial charge in [-0.2, -0.15) is 9.78 Å². The molecule has 1 atom stereocenters. The third-order valence-corrected chi connectivity index (χ3v) is 2.78. The summed E-state index contributed by atoms with van der Waals surface area (Å²) in [7, 11) is 0. The lowest BCUT2D eigenvalue weighted by molar-refractivity contribution is -0.147. The van der Waals surface area contributed by atoms with Crippen LogP contribution in [0.25, 0.3) is 0 Å². The van der Waals surface area contributed by atoms with E-state index in [1.807, 2.05) is 6.92 Å². The maximum atomic E-state index is 10.9. The first-order valence-electron chi connectivity index (χ1n) is 5.35. The summed E-state index contributed by atoms with van der Waals surface area (Å²) in [6.07, 6.45) is 2.53. The Morgan fingerprint density at radius 1 is 1.25 bits per heavy atom. The third kappa shape index (κ3) is 2.93. The molecule has 0 aliphatic carbocycles. The molecule has 1 fully saturated rings. The molecule has 6 nitrogen and oxygen atoms in total. The van der Waals surface area contributed by atoms with Gasteiger partial charge < -0.3 is 10.2 Å². The van der Waals surface area contributed by atoms with Gasteiger partial charge in [0, 0.05) is 12.3 Å². The Bertz CT molecular complexity index is 270. The van der Waals surface area contributed by atoms with Gasteiger partial charge >= 0.3 is 17.7 Å². The SMILES string of the molecule is CCC(CCCCC(=O)O)C1(C(=O)O)OO1. The van der Waals surface area contributed by atoms with Crippen molar-refractivity contribution < 1.29 is 29.6 Å². The van der Waals surface area contributed by atoms with Crippen molar-refractivity contribution in [1.29, 1.82) is 0 Å². The van der Waals surface area contributed by atoms with Crippen molar-refractivity contribution in [3.8, 4) is 0 Å². The van der Waals surface area contributed by atoms with Crippen molar-refractivity contribution in [3.63, 3.8) is 0 Å². The summed E-state index contributed by atoms with van der Waals surface area (Å²) < 4.78 is 0. The number of unbranched alkanes of at least 4 members (excludes halogenated alkanes) is 1. The number of rotatable bonds is 8. The molecule has 16 heavy (non-hydrogen) atoms. The smallest absolute Gasteiger partial charge is 0.370 e. The molecule has 0 aromatic rings. The van der Waals surface area contributed by atoms with Crippen molar-refractivity contribution in [1.82, 2.24) is 0 Å². The van der Waals surface area contributed by atoms with Gasteiger partial charge in [0.25, 0.3) is 0 Å². The van der Waals surface area contributed by atoms with Gasteiger partial charge in [-0.1, -0.05) is 13.3 Å². The fourth-order valence-corrected chi connectivity index (χ4v) is 1.76. The van der Waals surface area contributed by atoms with E-state index in [0.29, 0.717) is 25.7 Å². The second kappa shape index (κ2) is 5.27. The summed E-state index contributed by atoms with van der Waals surface area (Å²) in [5.74, 6) is -3.64. The minimum Gasteiger partial charge on any atom is -0.481 e. The first kappa shape index (κ1) is 12.9. The zero-order valence-corrected chi connectivity index (χ0v) is 9.14. The average Bonchev–Trinajstić information content (AvgIpc) is 2.98. The molecular weight excluding hydrogens is 216 g/mol. The lowest BCUT2D eigenvalue weighted by atomic mass is 9.91. The summed E-state index contributed by atoms with van der Waals surface area (Å²) in [4.78, 5) is 30.3. The molecule has 0 aromatic carbocycles. The van der Waals surface area contributed by atoms with E-state index in [0.717, 1.165) is 0 Å². The van der Waals surface area contributed by atoms with Gasteiger partial charge in [0.2, 0.25) is 0 Å². The summed E-state index contributed by atoms with van der Waals surface area (Å²) in [6.45, 7) is 1.86. The van der Waals surface area contributed by atoms with Crippen LogP contribution < -0.4 is 0 Å². The number of carboxylic acid groups (broad SMARTS) is 2. The van der Waals surface area contributed by atoms with Crippen molar-refractivity contribution in [2.45, 2.75) is 44.8 Å². The molecule has 1 saturated heterocycles. The van der Waals surface area contributed by atoms with Crippen LogP contribution in [0.5, 0.6) is 0 Å². The van der Waals surface area contributed by atoms with Gasteiger partial charge in [-0.3, -0.25) is 4.79 Å². The Kier molecular flexibility index (Phi) is 4.26. The van der Waals surface area contributed by atoms with E-state index in [2.05, 4.69) is 9.78 Å². The van der Waals surface area contributed by atoms with Gasteiger partial charge in [-0.05, 0) is 19.3 Å². The minimum atomic E-state index is -1.47. The molecular formula is C10H16O6. The molecule has 1 rings (SSSR count). The van der Waals surface area contributed by atoms with Crippen LogP contribution in [0.1, 0.15) is 39.0 Å². The fourth-order valence-electron chi connectivity index (χ4n) is 1.76. The number of hydrogen-bond donors (Lipinski definition) is 2. The molecule has 1 aliphatic rings. The fraction of sp³-hybridized carbons (Fsp3) is 0.800. The van der Waals surface area contributed by atoms with E-state index >= 15 is 0 Å². The summed E-state index contributed by atoms with van der Waals surface area (Å²) in [5, 5.41) is 17.4. The maximum absolute atomic E-state index is 10.9. The van der Waals surface area contributed by atoms with Crippen molar-refractivity contribution in [3.05, 3.63) is 0 Å². The normalized spacial score (nSPS) is 19.1. The molecule has 0 aromatic heterocycles. The summed E-state index contributed by atoms with van der Waals surface area (Å²) in [5.41, 5.74) is 0. The largest absolute Gasteiger partial charge is 0.481 e. The van der Waals surface area contributed by atoms with Crippen molar-refractivity contribution in [2.24, 2.45) is 5.92 Å². The zero-order valence-electron chi connectivity index (χ0n) is 9.14. The molecule has 1 unspecified atom stereocenters. The molecule has 1 aliphatic heterocycles. The first-order chi connectivity index (χ1) is 7.53. The van der Waals surface area contributed by atoms with Gasteiger partial charge in [0.05, 0.1) is 0 Å². The standard InChI is InChI=1S/C10H16O6/c1-2-7(5-3-4-6-8(11)12)10(9(13)14)15-16-10/h7H,2-6H2,1H3,(H,11,12)(H,13,14). The Morgan fingerprint density at radius 3 is 2.25 bits per heavy atom. The van der Waals surface area contributed by atoms with Crippen LogP contribution in [0.3, 0.4) is 0 Å². The Labute approximate surface area is 93.1 Å². The quantitative estimate of drug-likeness (QED) is 0.373. The van der Waals surface area contributed by atoms with Gasteiger partial charge in [-0.25, -0.2) is 4.79 Å². The maximum Gasteiger partial charge on any atom is 0.370 e. The predicted molar refractivity (Wildman–Crippen MR) is 52.4 cm³/mol. The number of carbonyl (C=O) groups is 2. The predicted octanol–water partition coefficient (Wildman–Crippen LogP) is 1.40. The molecule has 6 heteroatoms. The van der Waals surface area contributed by atoms with E-state index in [4.69, 9.17) is 10.2 Å². The van der Waals surface area contributed by atoms with Crippen molar-refractivity contribution >= 4 is 11.9 Å². The van der Waals surface area contributed by atoms with Crippen LogP contribution >= 0.6 is 0 Å². The first-order valence-corrected chi connectivity index (χ1v) is 5.35. The third-order valence-electron chi connectivity index (χ3n) is 2.78. The Balaban J connectivity index is 2.33. The van der Waals surface area contributed by atoms with Gasteiger partial charge in [-0.15, -0.1) is 0 Å². The number of carboxylic acids is 2. The molecule has 0 radical (unpaired) electrons. The average molecular weight is 232 g/mol. The van der Waals surface area contributed by atoms with E-state index in [9.17, 15) is 9.59 Å². The second-order valence-corrected chi connectivity index (χ2v) is 3.88. The van der Waals surface area contributed by atoms with Crippen LogP contribution in [0.2, 0.25) is 0 Å². The zero-order chi connectivity index (χ0) is 12.2. The van der Waals surface area contributed by atoms with Crippen LogP contribution in [0.4, 0.5) is 0 Å². The van der Waals surface area contributed by atoms with Crippen molar-refractivity contribution in [2.75, 3.05) is 0 Å². The molecule has 0 spiro atoms. The van der Waals surface area contributed by atoms with E-state index in [1.165, 1.54) is 0 Å². The number of hydrogen-bond acceptors (Lipinski definition) is 4. The molecule has 92 valence electrons. The lowest BCUT2D eigenvalue weighted by Crippen LogP contribution is -2.32. The van der Waals surface area contributed by atoms with Gasteiger partial charge in [0.1, 0.15) is 0 Å². The summed E-state index contributed by atoms with van der Waals surface area (Å²) >= 11 is 0. The topological polar surface area (TPSA) is 99.7 Å². The van der Waals surface area contributed by atoms with Gasteiger partial charge in [0.15, 0.2) is 0 Å². The molecule has 0 saturated carbocycles. The Morgan fingerprint density at radius 2 is 1.88 bits per heavy atom. The lowest BCUT2D eigenvalue weighted by Gasteiger charge is -2.14. The highest BCUT2D eigenvalue weighted by Gasteiger charge is 2.62. The van der Waals surface area contributed by atoms with Crippen LogP contribution in [-0.2, 0) is 19.4 Å². The second-order valence-electron chi connectivity index (χ2n) is 3.88. The number of aliphatic carboxylic acids is 2. The Hall–Kier alpha value is -1.14. The summed E-state index contributed by atoms with van der Waals surface area (Å²) in [6, 6.07) is 0. The molecule has 1 heterocycles. The van der Waals surface area contributed by atoms with E-state index in [1.54, 1.807) is 0 Å². The highest BCUT2D eigenvalue weighted by Crippen LogP contribution is 2.42. The van der Waals surface area contributed by atoms with Crippen LogP contribution in [0.15, 0.2) is 0 Å². The minimum absolute atomic E-state index is 0.109. The molecule has 2 N–H and O–H groups in total. The van der Waals surface area contributed by atoms with Crippen LogP contribution in [-0.4, -0.2) is 27.9 Å². The van der Waals surface area contributed by atoms with Crippen LogP contribution in [0, 0.1) is 5.92 Å². The highest BCUT2D eigenvalue weighted by molar-refractivity contribution is 5.77. The van der Waals surface area contributed by atoms with E-state index in [-0.39, 0.29) is 12.3 Å². The van der Waals surface area contributed by atoms with E-state index < -0.39 is 17.7 Å². The monoisotopic (exact) mass is 232 g/mol.